The Morgan fingerprint density at radius 1 is 1.29 bits per heavy atom. The van der Waals surface area contributed by atoms with E-state index in [2.05, 4.69) is 0 Å². The Bertz CT molecular complexity index is 430. The molecule has 0 saturated heterocycles. The highest BCUT2D eigenvalue weighted by Gasteiger charge is 2.36. The van der Waals surface area contributed by atoms with Crippen molar-refractivity contribution < 1.29 is 29.5 Å². The fraction of sp³-hybridized carbons (Fsp3) is 0.222. The molecule has 0 amide bonds. The highest BCUT2D eigenvalue weighted by atomic mass is 31.2. The van der Waals surface area contributed by atoms with Crippen molar-refractivity contribution in [1.29, 1.82) is 0 Å². The lowest BCUT2D eigenvalue weighted by atomic mass is 10.1. The smallest absolute Gasteiger partial charge is 0.426 e. The monoisotopic (exact) mass is 261 g/mol. The predicted molar refractivity (Wildman–Crippen MR) is 57.2 cm³/mol. The molecule has 17 heavy (non-hydrogen) atoms. The van der Waals surface area contributed by atoms with Crippen LogP contribution in [0.2, 0.25) is 0 Å². The summed E-state index contributed by atoms with van der Waals surface area (Å²) in [6, 6.07) is 6.55. The number of hydrogen-bond acceptors (Lipinski definition) is 3. The Balaban J connectivity index is 2.89. The van der Waals surface area contributed by atoms with Crippen LogP contribution in [0.5, 0.6) is 0 Å². The number of carboxylic acid groups (broad SMARTS) is 1. The predicted octanol–water partition coefficient (Wildman–Crippen LogP) is 0.466. The Hall–Kier alpha value is -1.24. The van der Waals surface area contributed by atoms with Gasteiger partial charge in [-0.2, -0.15) is 0 Å². The topological polar surface area (TPSA) is 118 Å². The molecule has 0 aliphatic rings. The van der Waals surface area contributed by atoms with E-state index in [1.165, 1.54) is 0 Å². The van der Waals surface area contributed by atoms with E-state index in [4.69, 9.17) is 20.1 Å². The molecule has 94 valence electrons. The van der Waals surface area contributed by atoms with Crippen LogP contribution < -0.4 is 0 Å². The van der Waals surface area contributed by atoms with Crippen molar-refractivity contribution in [2.75, 3.05) is 0 Å². The molecule has 0 spiro atoms. The Morgan fingerprint density at radius 2 is 1.82 bits per heavy atom. The molecule has 7 nitrogen and oxygen atoms in total. The van der Waals surface area contributed by atoms with Gasteiger partial charge in [-0.15, -0.1) is 0 Å². The van der Waals surface area contributed by atoms with E-state index < -0.39 is 24.6 Å². The first-order valence-electron chi connectivity index (χ1n) is 4.63. The maximum Gasteiger partial charge on any atom is 0.426 e. The van der Waals surface area contributed by atoms with Crippen LogP contribution in [0, 0.1) is 0 Å². The Kier molecular flexibility index (Phi) is 4.39. The SMILES string of the molecule is O=C(O)[C@H](Cc1ccccc1)N(O)P(=O)(O)O. The van der Waals surface area contributed by atoms with E-state index in [0.29, 0.717) is 5.56 Å². The third kappa shape index (κ3) is 3.92. The molecule has 0 aliphatic heterocycles. The summed E-state index contributed by atoms with van der Waals surface area (Å²) >= 11 is 0. The van der Waals surface area contributed by atoms with Crippen LogP contribution in [0.4, 0.5) is 0 Å². The van der Waals surface area contributed by atoms with Crippen LogP contribution in [-0.2, 0) is 15.8 Å². The number of carboxylic acids is 1. The van der Waals surface area contributed by atoms with Gasteiger partial charge in [0.1, 0.15) is 6.04 Å². The summed E-state index contributed by atoms with van der Waals surface area (Å²) in [5, 5.41) is 18.0. The number of rotatable bonds is 5. The van der Waals surface area contributed by atoms with Crippen molar-refractivity contribution in [3.63, 3.8) is 0 Å². The van der Waals surface area contributed by atoms with Crippen LogP contribution in [0.1, 0.15) is 5.56 Å². The number of benzene rings is 1. The standard InChI is InChI=1S/C9H12NO6P/c11-9(12)8(10(13)17(14,15)16)6-7-4-2-1-3-5-7/h1-5,8,13H,6H2,(H,11,12)(H2,14,15,16)/t8-/m0/s1. The molecule has 0 bridgehead atoms. The summed E-state index contributed by atoms with van der Waals surface area (Å²) in [5.41, 5.74) is 0.549. The first-order chi connectivity index (χ1) is 7.82. The van der Waals surface area contributed by atoms with Crippen molar-refractivity contribution in [1.82, 2.24) is 4.83 Å². The second kappa shape index (κ2) is 5.39. The molecular formula is C9H12NO6P. The maximum absolute atomic E-state index is 10.8. The van der Waals surface area contributed by atoms with E-state index in [0.717, 1.165) is 0 Å². The van der Waals surface area contributed by atoms with Gasteiger partial charge in [0, 0.05) is 6.42 Å². The number of aliphatic carboxylic acids is 1. The average Bonchev–Trinajstić information content (AvgIpc) is 2.24. The van der Waals surface area contributed by atoms with Gasteiger partial charge < -0.3 is 20.1 Å². The fourth-order valence-electron chi connectivity index (χ4n) is 1.29. The van der Waals surface area contributed by atoms with Crippen LogP contribution in [0.3, 0.4) is 0 Å². The highest BCUT2D eigenvalue weighted by Crippen LogP contribution is 2.40. The summed E-state index contributed by atoms with van der Waals surface area (Å²) < 4.78 is 10.8. The largest absolute Gasteiger partial charge is 0.480 e. The van der Waals surface area contributed by atoms with Gasteiger partial charge in [0.25, 0.3) is 0 Å². The summed E-state index contributed by atoms with van der Waals surface area (Å²) in [4.78, 5) is 27.8. The molecular weight excluding hydrogens is 249 g/mol. The third-order valence-corrected chi connectivity index (χ3v) is 2.92. The first-order valence-corrected chi connectivity index (χ1v) is 6.19. The zero-order chi connectivity index (χ0) is 13.1. The summed E-state index contributed by atoms with van der Waals surface area (Å²) in [5.74, 6) is -1.51. The van der Waals surface area contributed by atoms with Crippen molar-refractivity contribution in [2.45, 2.75) is 12.5 Å². The molecule has 0 fully saturated rings. The Labute approximate surface area is 97.1 Å². The molecule has 0 unspecified atom stereocenters. The van der Waals surface area contributed by atoms with E-state index >= 15 is 0 Å². The molecule has 1 aromatic carbocycles. The van der Waals surface area contributed by atoms with Gasteiger partial charge in [0.15, 0.2) is 0 Å². The van der Waals surface area contributed by atoms with Gasteiger partial charge in [-0.25, -0.2) is 4.57 Å². The number of nitrogens with zero attached hydrogens (tertiary/aromatic N) is 1. The highest BCUT2D eigenvalue weighted by molar-refractivity contribution is 7.48. The van der Waals surface area contributed by atoms with Crippen molar-refractivity contribution >= 4 is 13.7 Å². The van der Waals surface area contributed by atoms with Gasteiger partial charge in [-0.1, -0.05) is 35.2 Å². The van der Waals surface area contributed by atoms with E-state index in [9.17, 15) is 9.36 Å². The van der Waals surface area contributed by atoms with Gasteiger partial charge >= 0.3 is 13.7 Å². The van der Waals surface area contributed by atoms with Crippen molar-refractivity contribution in [3.05, 3.63) is 35.9 Å². The zero-order valence-electron chi connectivity index (χ0n) is 8.67. The molecule has 0 aliphatic carbocycles. The quantitative estimate of drug-likeness (QED) is 0.449. The van der Waals surface area contributed by atoms with E-state index in [-0.39, 0.29) is 6.42 Å². The van der Waals surface area contributed by atoms with Crippen LogP contribution in [0.25, 0.3) is 0 Å². The van der Waals surface area contributed by atoms with Gasteiger partial charge in [0.05, 0.1) is 0 Å². The molecule has 8 heteroatoms. The summed E-state index contributed by atoms with van der Waals surface area (Å²) in [7, 11) is -5.00. The van der Waals surface area contributed by atoms with Gasteiger partial charge in [-0.05, 0) is 5.56 Å². The summed E-state index contributed by atoms with van der Waals surface area (Å²) in [6.07, 6.45) is -0.211. The van der Waals surface area contributed by atoms with Gasteiger partial charge in [-0.3, -0.25) is 4.79 Å². The second-order valence-electron chi connectivity index (χ2n) is 3.38. The van der Waals surface area contributed by atoms with E-state index in [1.54, 1.807) is 30.3 Å². The van der Waals surface area contributed by atoms with Crippen LogP contribution in [0.15, 0.2) is 30.3 Å². The van der Waals surface area contributed by atoms with Crippen molar-refractivity contribution in [3.8, 4) is 0 Å². The lowest BCUT2D eigenvalue weighted by molar-refractivity contribution is -0.154. The van der Waals surface area contributed by atoms with Crippen LogP contribution >= 0.6 is 7.75 Å². The molecule has 0 radical (unpaired) electrons. The van der Waals surface area contributed by atoms with Crippen LogP contribution in [-0.4, -0.2) is 36.9 Å². The lowest BCUT2D eigenvalue weighted by Crippen LogP contribution is -2.38. The minimum atomic E-state index is -5.00. The number of carbonyl (C=O) groups is 1. The first kappa shape index (κ1) is 13.8. The molecule has 1 atom stereocenters. The minimum absolute atomic E-state index is 0.211. The second-order valence-corrected chi connectivity index (χ2v) is 4.81. The Morgan fingerprint density at radius 3 is 2.24 bits per heavy atom. The number of hydroxylamine groups is 1. The molecule has 0 heterocycles. The average molecular weight is 261 g/mol. The lowest BCUT2D eigenvalue weighted by Gasteiger charge is -2.22. The van der Waals surface area contributed by atoms with Crippen molar-refractivity contribution in [2.24, 2.45) is 0 Å². The molecule has 0 saturated carbocycles. The molecule has 1 rings (SSSR count). The molecule has 0 aromatic heterocycles. The fourth-order valence-corrected chi connectivity index (χ4v) is 1.83. The zero-order valence-corrected chi connectivity index (χ0v) is 9.57. The molecule has 4 N–H and O–H groups in total. The normalized spacial score (nSPS) is 13.6. The maximum atomic E-state index is 10.8. The number of hydrogen-bond donors (Lipinski definition) is 4. The minimum Gasteiger partial charge on any atom is -0.480 e. The molecule has 1 aromatic rings. The third-order valence-electron chi connectivity index (χ3n) is 2.10. The van der Waals surface area contributed by atoms with E-state index in [1.807, 2.05) is 0 Å². The van der Waals surface area contributed by atoms with Gasteiger partial charge in [0.2, 0.25) is 0 Å². The summed E-state index contributed by atoms with van der Waals surface area (Å²) in [6.45, 7) is 0.